The topological polar surface area (TPSA) is 47.6 Å². The number of hydrogen-bond donors (Lipinski definition) is 1. The Hall–Kier alpha value is -1.55. The summed E-state index contributed by atoms with van der Waals surface area (Å²) in [7, 11) is 3.07. The summed E-state index contributed by atoms with van der Waals surface area (Å²) in [5.74, 6) is 0.585. The molecule has 0 aliphatic carbocycles. The second-order valence-electron chi connectivity index (χ2n) is 4.01. The van der Waals surface area contributed by atoms with Crippen molar-refractivity contribution in [1.29, 1.82) is 0 Å². The number of rotatable bonds is 2. The van der Waals surface area contributed by atoms with Crippen LogP contribution in [-0.2, 0) is 17.6 Å². The molecule has 2 rings (SSSR count). The van der Waals surface area contributed by atoms with E-state index in [0.717, 1.165) is 42.8 Å². The number of carbonyl (C=O) groups is 1. The van der Waals surface area contributed by atoms with E-state index in [1.54, 1.807) is 13.2 Å². The number of nitrogens with one attached hydrogen (secondary N) is 1. The Bertz CT molecular complexity index is 429. The average molecular weight is 235 g/mol. The molecule has 4 heteroatoms. The molecule has 0 radical (unpaired) electrons. The molecule has 1 aromatic rings. The van der Waals surface area contributed by atoms with E-state index in [1.807, 2.05) is 6.07 Å². The molecule has 0 unspecified atom stereocenters. The molecular formula is C13H17NO3. The predicted molar refractivity (Wildman–Crippen MR) is 64.6 cm³/mol. The Labute approximate surface area is 101 Å². The van der Waals surface area contributed by atoms with Crippen molar-refractivity contribution in [3.05, 3.63) is 28.8 Å². The van der Waals surface area contributed by atoms with Crippen LogP contribution in [0.4, 0.5) is 0 Å². The van der Waals surface area contributed by atoms with Crippen LogP contribution in [0.25, 0.3) is 0 Å². The van der Waals surface area contributed by atoms with Gasteiger partial charge in [-0.3, -0.25) is 0 Å². The highest BCUT2D eigenvalue weighted by molar-refractivity contribution is 5.91. The van der Waals surface area contributed by atoms with E-state index in [9.17, 15) is 4.79 Å². The highest BCUT2D eigenvalue weighted by Crippen LogP contribution is 2.28. The summed E-state index contributed by atoms with van der Waals surface area (Å²) >= 11 is 0. The maximum absolute atomic E-state index is 11.7. The van der Waals surface area contributed by atoms with Gasteiger partial charge in [0.05, 0.1) is 19.8 Å². The van der Waals surface area contributed by atoms with Gasteiger partial charge in [0.25, 0.3) is 0 Å². The minimum absolute atomic E-state index is 0.272. The van der Waals surface area contributed by atoms with Crippen LogP contribution in [0.15, 0.2) is 12.1 Å². The first-order valence-corrected chi connectivity index (χ1v) is 5.75. The Balaban J connectivity index is 2.52. The summed E-state index contributed by atoms with van der Waals surface area (Å²) < 4.78 is 10.2. The van der Waals surface area contributed by atoms with E-state index in [-0.39, 0.29) is 5.97 Å². The highest BCUT2D eigenvalue weighted by Gasteiger charge is 2.20. The lowest BCUT2D eigenvalue weighted by molar-refractivity contribution is 0.0599. The van der Waals surface area contributed by atoms with E-state index in [0.29, 0.717) is 5.56 Å². The molecule has 0 atom stereocenters. The lowest BCUT2D eigenvalue weighted by atomic mass is 9.96. The number of carbonyl (C=O) groups excluding carboxylic acids is 1. The van der Waals surface area contributed by atoms with Crippen LogP contribution in [0, 0.1) is 0 Å². The van der Waals surface area contributed by atoms with E-state index >= 15 is 0 Å². The quantitative estimate of drug-likeness (QED) is 0.782. The molecule has 0 fully saturated rings. The predicted octanol–water partition coefficient (Wildman–Crippen LogP) is 1.17. The largest absolute Gasteiger partial charge is 0.496 e. The standard InChI is InChI=1S/C13H17NO3/c1-16-12-4-3-11(13(15)17-2)9-5-7-14-8-6-10(9)12/h3-4,14H,5-8H2,1-2H3. The third-order valence-electron chi connectivity index (χ3n) is 3.12. The molecule has 1 heterocycles. The number of methoxy groups -OCH3 is 2. The SMILES string of the molecule is COC(=O)c1ccc(OC)c2c1CCNCC2. The number of benzene rings is 1. The summed E-state index contributed by atoms with van der Waals surface area (Å²) in [5.41, 5.74) is 2.84. The van der Waals surface area contributed by atoms with Crippen LogP contribution in [0.1, 0.15) is 21.5 Å². The van der Waals surface area contributed by atoms with Gasteiger partial charge in [-0.1, -0.05) is 0 Å². The van der Waals surface area contributed by atoms with Crippen molar-refractivity contribution in [3.8, 4) is 5.75 Å². The van der Waals surface area contributed by atoms with Gasteiger partial charge in [-0.25, -0.2) is 4.79 Å². The molecule has 1 N–H and O–H groups in total. The summed E-state index contributed by atoms with van der Waals surface area (Å²) in [5, 5.41) is 3.32. The lowest BCUT2D eigenvalue weighted by Crippen LogP contribution is -2.16. The average Bonchev–Trinajstić information content (AvgIpc) is 2.62. The first-order chi connectivity index (χ1) is 8.27. The molecule has 0 amide bonds. The Kier molecular flexibility index (Phi) is 3.64. The van der Waals surface area contributed by atoms with E-state index in [1.165, 1.54) is 7.11 Å². The number of esters is 1. The van der Waals surface area contributed by atoms with E-state index in [4.69, 9.17) is 9.47 Å². The second kappa shape index (κ2) is 5.19. The van der Waals surface area contributed by atoms with Crippen LogP contribution in [0.2, 0.25) is 0 Å². The van der Waals surface area contributed by atoms with Gasteiger partial charge in [0, 0.05) is 0 Å². The molecule has 1 aliphatic heterocycles. The number of hydrogen-bond acceptors (Lipinski definition) is 4. The maximum Gasteiger partial charge on any atom is 0.338 e. The van der Waals surface area contributed by atoms with Crippen molar-refractivity contribution < 1.29 is 14.3 Å². The zero-order valence-corrected chi connectivity index (χ0v) is 10.2. The number of ether oxygens (including phenoxy) is 2. The molecule has 0 spiro atoms. The minimum atomic E-state index is -0.272. The van der Waals surface area contributed by atoms with Gasteiger partial charge in [0.15, 0.2) is 0 Å². The molecular weight excluding hydrogens is 218 g/mol. The van der Waals surface area contributed by atoms with Gasteiger partial charge in [0.2, 0.25) is 0 Å². The smallest absolute Gasteiger partial charge is 0.338 e. The fourth-order valence-corrected chi connectivity index (χ4v) is 2.28. The zero-order valence-electron chi connectivity index (χ0n) is 10.2. The summed E-state index contributed by atoms with van der Waals surface area (Å²) in [4.78, 5) is 11.7. The van der Waals surface area contributed by atoms with E-state index in [2.05, 4.69) is 5.32 Å². The van der Waals surface area contributed by atoms with Gasteiger partial charge in [0.1, 0.15) is 5.75 Å². The maximum atomic E-state index is 11.7. The van der Waals surface area contributed by atoms with Crippen LogP contribution in [0.3, 0.4) is 0 Å². The van der Waals surface area contributed by atoms with E-state index < -0.39 is 0 Å². The summed E-state index contributed by atoms with van der Waals surface area (Å²) in [6.07, 6.45) is 1.71. The highest BCUT2D eigenvalue weighted by atomic mass is 16.5. The molecule has 17 heavy (non-hydrogen) atoms. The van der Waals surface area contributed by atoms with Gasteiger partial charge in [-0.05, 0) is 49.2 Å². The zero-order chi connectivity index (χ0) is 12.3. The monoisotopic (exact) mass is 235 g/mol. The normalized spacial score (nSPS) is 14.7. The van der Waals surface area contributed by atoms with Gasteiger partial charge >= 0.3 is 5.97 Å². The summed E-state index contributed by atoms with van der Waals surface area (Å²) in [6, 6.07) is 3.63. The first kappa shape index (κ1) is 11.9. The molecule has 0 saturated heterocycles. The summed E-state index contributed by atoms with van der Waals surface area (Å²) in [6.45, 7) is 1.79. The Morgan fingerprint density at radius 1 is 1.18 bits per heavy atom. The Morgan fingerprint density at radius 2 is 1.88 bits per heavy atom. The molecule has 0 aromatic heterocycles. The first-order valence-electron chi connectivity index (χ1n) is 5.75. The van der Waals surface area contributed by atoms with Crippen LogP contribution in [0.5, 0.6) is 5.75 Å². The van der Waals surface area contributed by atoms with Gasteiger partial charge in [-0.15, -0.1) is 0 Å². The fraction of sp³-hybridized carbons (Fsp3) is 0.462. The Morgan fingerprint density at radius 3 is 2.53 bits per heavy atom. The van der Waals surface area contributed by atoms with Gasteiger partial charge in [-0.2, -0.15) is 0 Å². The molecule has 0 saturated carbocycles. The molecule has 92 valence electrons. The van der Waals surface area contributed by atoms with Crippen LogP contribution in [-0.4, -0.2) is 33.3 Å². The van der Waals surface area contributed by atoms with Crippen molar-refractivity contribution in [2.45, 2.75) is 12.8 Å². The third-order valence-corrected chi connectivity index (χ3v) is 3.12. The molecule has 4 nitrogen and oxygen atoms in total. The van der Waals surface area contributed by atoms with Crippen molar-refractivity contribution in [2.75, 3.05) is 27.3 Å². The molecule has 0 bridgehead atoms. The third kappa shape index (κ3) is 2.26. The van der Waals surface area contributed by atoms with Crippen molar-refractivity contribution in [2.24, 2.45) is 0 Å². The van der Waals surface area contributed by atoms with Gasteiger partial charge < -0.3 is 14.8 Å². The minimum Gasteiger partial charge on any atom is -0.496 e. The van der Waals surface area contributed by atoms with Crippen LogP contribution >= 0.6 is 0 Å². The molecule has 1 aromatic carbocycles. The second-order valence-corrected chi connectivity index (χ2v) is 4.01. The fourth-order valence-electron chi connectivity index (χ4n) is 2.28. The lowest BCUT2D eigenvalue weighted by Gasteiger charge is -2.14. The van der Waals surface area contributed by atoms with Crippen molar-refractivity contribution in [3.63, 3.8) is 0 Å². The van der Waals surface area contributed by atoms with Crippen molar-refractivity contribution >= 4 is 5.97 Å². The van der Waals surface area contributed by atoms with Crippen LogP contribution < -0.4 is 10.1 Å². The number of fused-ring (bicyclic) bond motifs is 1. The van der Waals surface area contributed by atoms with Crippen molar-refractivity contribution in [1.82, 2.24) is 5.32 Å². The molecule has 1 aliphatic rings.